The van der Waals surface area contributed by atoms with Gasteiger partial charge in [0.15, 0.2) is 0 Å². The van der Waals surface area contributed by atoms with Crippen LogP contribution in [0.15, 0.2) is 5.38 Å². The van der Waals surface area contributed by atoms with Crippen molar-refractivity contribution in [2.75, 3.05) is 6.61 Å². The molecule has 1 saturated carbocycles. The molecule has 2 rings (SSSR count). The second-order valence-corrected chi connectivity index (χ2v) is 6.43. The third-order valence-electron chi connectivity index (χ3n) is 3.59. The van der Waals surface area contributed by atoms with Gasteiger partial charge in [0.1, 0.15) is 0 Å². The van der Waals surface area contributed by atoms with Crippen molar-refractivity contribution in [3.63, 3.8) is 0 Å². The average Bonchev–Trinajstić information content (AvgIpc) is 2.85. The van der Waals surface area contributed by atoms with Crippen molar-refractivity contribution in [3.05, 3.63) is 16.1 Å². The van der Waals surface area contributed by atoms with Crippen molar-refractivity contribution in [1.29, 1.82) is 0 Å². The molecule has 1 aromatic rings. The number of nitrogens with zero attached hydrogens (tertiary/aromatic N) is 1. The number of hydrogen-bond donors (Lipinski definition) is 0. The Kier molecular flexibility index (Phi) is 5.93. The molecule has 0 amide bonds. The van der Waals surface area contributed by atoms with Gasteiger partial charge >= 0.3 is 0 Å². The molecule has 1 aliphatic rings. The third kappa shape index (κ3) is 4.52. The van der Waals surface area contributed by atoms with Gasteiger partial charge in [-0.25, -0.2) is 4.98 Å². The SMILES string of the molecule is CC1CCC(OCCCc2nc(CCl)cs2)CC1. The Balaban J connectivity index is 1.58. The number of aromatic nitrogens is 1. The monoisotopic (exact) mass is 287 g/mol. The predicted octanol–water partition coefficient (Wildman–Crippen LogP) is 4.41. The Morgan fingerprint density at radius 3 is 2.83 bits per heavy atom. The predicted molar refractivity (Wildman–Crippen MR) is 77.4 cm³/mol. The van der Waals surface area contributed by atoms with Crippen LogP contribution in [0.1, 0.15) is 49.7 Å². The second-order valence-electron chi connectivity index (χ2n) is 5.22. The van der Waals surface area contributed by atoms with Crippen molar-refractivity contribution in [2.24, 2.45) is 5.92 Å². The molecule has 0 spiro atoms. The molecule has 2 nitrogen and oxygen atoms in total. The van der Waals surface area contributed by atoms with E-state index in [1.54, 1.807) is 11.3 Å². The summed E-state index contributed by atoms with van der Waals surface area (Å²) in [6, 6.07) is 0. The molecular formula is C14H22ClNOS. The molecule has 1 aliphatic carbocycles. The minimum Gasteiger partial charge on any atom is -0.378 e. The summed E-state index contributed by atoms with van der Waals surface area (Å²) in [6.07, 6.45) is 7.75. The van der Waals surface area contributed by atoms with Gasteiger partial charge in [-0.2, -0.15) is 0 Å². The fourth-order valence-electron chi connectivity index (χ4n) is 2.39. The number of halogens is 1. The van der Waals surface area contributed by atoms with E-state index in [0.29, 0.717) is 12.0 Å². The van der Waals surface area contributed by atoms with Gasteiger partial charge in [-0.1, -0.05) is 6.92 Å². The third-order valence-corrected chi connectivity index (χ3v) is 4.82. The van der Waals surface area contributed by atoms with E-state index in [4.69, 9.17) is 16.3 Å². The zero-order chi connectivity index (χ0) is 12.8. The Morgan fingerprint density at radius 2 is 2.17 bits per heavy atom. The number of rotatable bonds is 6. The Morgan fingerprint density at radius 1 is 1.39 bits per heavy atom. The fraction of sp³-hybridized carbons (Fsp3) is 0.786. The first kappa shape index (κ1) is 14.3. The first-order valence-electron chi connectivity index (χ1n) is 6.88. The van der Waals surface area contributed by atoms with Gasteiger partial charge in [-0.15, -0.1) is 22.9 Å². The summed E-state index contributed by atoms with van der Waals surface area (Å²) in [7, 11) is 0. The van der Waals surface area contributed by atoms with Crippen LogP contribution in [0.4, 0.5) is 0 Å². The van der Waals surface area contributed by atoms with Gasteiger partial charge < -0.3 is 4.74 Å². The summed E-state index contributed by atoms with van der Waals surface area (Å²) in [5.74, 6) is 1.42. The van der Waals surface area contributed by atoms with Crippen LogP contribution in [0, 0.1) is 5.92 Å². The molecule has 0 saturated heterocycles. The van der Waals surface area contributed by atoms with Gasteiger partial charge in [0.05, 0.1) is 22.7 Å². The molecule has 0 atom stereocenters. The summed E-state index contributed by atoms with van der Waals surface area (Å²) in [5, 5.41) is 3.23. The maximum atomic E-state index is 5.94. The zero-order valence-electron chi connectivity index (χ0n) is 11.0. The van der Waals surface area contributed by atoms with Crippen molar-refractivity contribution >= 4 is 22.9 Å². The van der Waals surface area contributed by atoms with Gasteiger partial charge in [-0.3, -0.25) is 0 Å². The maximum Gasteiger partial charge on any atom is 0.0929 e. The number of ether oxygens (including phenoxy) is 1. The Labute approximate surface area is 119 Å². The van der Waals surface area contributed by atoms with Crippen LogP contribution in [0.5, 0.6) is 0 Å². The van der Waals surface area contributed by atoms with Gasteiger partial charge in [0, 0.05) is 18.4 Å². The van der Waals surface area contributed by atoms with Crippen molar-refractivity contribution < 1.29 is 4.74 Å². The van der Waals surface area contributed by atoms with Crippen LogP contribution in [-0.4, -0.2) is 17.7 Å². The molecular weight excluding hydrogens is 266 g/mol. The van der Waals surface area contributed by atoms with Crippen LogP contribution in [0.25, 0.3) is 0 Å². The van der Waals surface area contributed by atoms with Crippen LogP contribution in [0.3, 0.4) is 0 Å². The maximum absolute atomic E-state index is 5.94. The molecule has 4 heteroatoms. The lowest BCUT2D eigenvalue weighted by atomic mass is 9.89. The first-order valence-corrected chi connectivity index (χ1v) is 8.30. The molecule has 0 aromatic carbocycles. The molecule has 0 N–H and O–H groups in total. The molecule has 0 radical (unpaired) electrons. The first-order chi connectivity index (χ1) is 8.78. The van der Waals surface area contributed by atoms with E-state index in [9.17, 15) is 0 Å². The normalized spacial score (nSPS) is 24.3. The summed E-state index contributed by atoms with van der Waals surface area (Å²) in [5.41, 5.74) is 0.999. The number of aryl methyl sites for hydroxylation is 1. The summed E-state index contributed by atoms with van der Waals surface area (Å²) in [4.78, 5) is 4.45. The molecule has 1 fully saturated rings. The highest BCUT2D eigenvalue weighted by Crippen LogP contribution is 2.25. The number of alkyl halides is 1. The van der Waals surface area contributed by atoms with E-state index in [2.05, 4.69) is 11.9 Å². The number of thiazole rings is 1. The van der Waals surface area contributed by atoms with Crippen LogP contribution in [-0.2, 0) is 17.0 Å². The quantitative estimate of drug-likeness (QED) is 0.571. The smallest absolute Gasteiger partial charge is 0.0929 e. The summed E-state index contributed by atoms with van der Waals surface area (Å²) in [6.45, 7) is 3.21. The fourth-order valence-corrected chi connectivity index (χ4v) is 3.46. The Bertz CT molecular complexity index is 347. The highest BCUT2D eigenvalue weighted by atomic mass is 35.5. The molecule has 1 aromatic heterocycles. The Hall–Kier alpha value is -0.120. The average molecular weight is 288 g/mol. The van der Waals surface area contributed by atoms with Crippen LogP contribution in [0.2, 0.25) is 0 Å². The lowest BCUT2D eigenvalue weighted by Gasteiger charge is -2.26. The molecule has 1 heterocycles. The highest BCUT2D eigenvalue weighted by Gasteiger charge is 2.18. The summed E-state index contributed by atoms with van der Waals surface area (Å²) < 4.78 is 5.94. The number of hydrogen-bond acceptors (Lipinski definition) is 3. The minimum atomic E-state index is 0.510. The van der Waals surface area contributed by atoms with E-state index >= 15 is 0 Å². The van der Waals surface area contributed by atoms with E-state index in [-0.39, 0.29) is 0 Å². The zero-order valence-corrected chi connectivity index (χ0v) is 12.6. The van der Waals surface area contributed by atoms with E-state index in [0.717, 1.165) is 31.1 Å². The van der Waals surface area contributed by atoms with E-state index in [1.165, 1.54) is 30.7 Å². The minimum absolute atomic E-state index is 0.510. The molecule has 0 unspecified atom stereocenters. The molecule has 18 heavy (non-hydrogen) atoms. The van der Waals surface area contributed by atoms with Crippen LogP contribution >= 0.6 is 22.9 Å². The van der Waals surface area contributed by atoms with E-state index < -0.39 is 0 Å². The van der Waals surface area contributed by atoms with Gasteiger partial charge in [-0.05, 0) is 38.0 Å². The molecule has 102 valence electrons. The standard InChI is InChI=1S/C14H22ClNOS/c1-11-4-6-13(7-5-11)17-8-2-3-14-16-12(9-15)10-18-14/h10-11,13H,2-9H2,1H3. The topological polar surface area (TPSA) is 22.1 Å². The van der Waals surface area contributed by atoms with Crippen molar-refractivity contribution in [1.82, 2.24) is 4.98 Å². The largest absolute Gasteiger partial charge is 0.378 e. The van der Waals surface area contributed by atoms with Crippen molar-refractivity contribution in [3.8, 4) is 0 Å². The highest BCUT2D eigenvalue weighted by molar-refractivity contribution is 7.09. The van der Waals surface area contributed by atoms with E-state index in [1.807, 2.05) is 5.38 Å². The lowest BCUT2D eigenvalue weighted by molar-refractivity contribution is 0.0188. The van der Waals surface area contributed by atoms with Crippen molar-refractivity contribution in [2.45, 2.75) is 57.4 Å². The second kappa shape index (κ2) is 7.46. The van der Waals surface area contributed by atoms with Gasteiger partial charge in [0.25, 0.3) is 0 Å². The lowest BCUT2D eigenvalue weighted by Crippen LogP contribution is -2.20. The van der Waals surface area contributed by atoms with Crippen LogP contribution < -0.4 is 0 Å². The molecule has 0 aliphatic heterocycles. The van der Waals surface area contributed by atoms with Gasteiger partial charge in [0.2, 0.25) is 0 Å². The molecule has 0 bridgehead atoms. The summed E-state index contributed by atoms with van der Waals surface area (Å²) >= 11 is 7.44.